The Kier molecular flexibility index (Phi) is 6.71. The van der Waals surface area contributed by atoms with Gasteiger partial charge in [0, 0.05) is 24.3 Å². The maximum absolute atomic E-state index is 12.3. The van der Waals surface area contributed by atoms with Crippen molar-refractivity contribution in [3.63, 3.8) is 0 Å². The first-order chi connectivity index (χ1) is 12.0. The van der Waals surface area contributed by atoms with Gasteiger partial charge in [0.25, 0.3) is 5.91 Å². The predicted octanol–water partition coefficient (Wildman–Crippen LogP) is 2.68. The monoisotopic (exact) mass is 339 g/mol. The molecule has 0 fully saturated rings. The number of hydrogen-bond acceptors (Lipinski definition) is 3. The van der Waals surface area contributed by atoms with E-state index in [9.17, 15) is 9.59 Å². The van der Waals surface area contributed by atoms with Gasteiger partial charge in [0.1, 0.15) is 0 Å². The van der Waals surface area contributed by atoms with Gasteiger partial charge in [-0.25, -0.2) is 0 Å². The summed E-state index contributed by atoms with van der Waals surface area (Å²) in [6.45, 7) is 5.23. The second-order valence-corrected chi connectivity index (χ2v) is 5.84. The Morgan fingerprint density at radius 3 is 2.16 bits per heavy atom. The molecule has 0 heterocycles. The average molecular weight is 339 g/mol. The lowest BCUT2D eigenvalue weighted by molar-refractivity contribution is -0.117. The third-order valence-corrected chi connectivity index (χ3v) is 4.09. The fourth-order valence-electron chi connectivity index (χ4n) is 2.59. The number of hydrogen-bond donors (Lipinski definition) is 2. The number of rotatable bonds is 7. The van der Waals surface area contributed by atoms with E-state index in [1.165, 1.54) is 0 Å². The van der Waals surface area contributed by atoms with Gasteiger partial charge in [0.05, 0.1) is 6.04 Å². The van der Waals surface area contributed by atoms with E-state index in [0.29, 0.717) is 30.8 Å². The Balaban J connectivity index is 1.96. The molecule has 2 aromatic carbocycles. The standard InChI is InChI=1S/C20H25N3O2/c1-3-23(4-2)20(25)16-10-12-17(13-11-16)22-19(24)18(21)14-15-8-6-5-7-9-15/h5-13,18H,3-4,14,21H2,1-2H3,(H,22,24)/t18-/m0/s1. The molecule has 0 aliphatic heterocycles. The molecule has 2 aromatic rings. The lowest BCUT2D eigenvalue weighted by Gasteiger charge is -2.18. The molecule has 2 amide bonds. The van der Waals surface area contributed by atoms with Gasteiger partial charge in [-0.3, -0.25) is 9.59 Å². The summed E-state index contributed by atoms with van der Waals surface area (Å²) in [6, 6.07) is 15.9. The van der Waals surface area contributed by atoms with Gasteiger partial charge in [-0.1, -0.05) is 30.3 Å². The maximum Gasteiger partial charge on any atom is 0.253 e. The molecule has 0 unspecified atom stereocenters. The molecule has 0 aromatic heterocycles. The van der Waals surface area contributed by atoms with Crippen molar-refractivity contribution in [1.82, 2.24) is 4.90 Å². The minimum absolute atomic E-state index is 0.0105. The summed E-state index contributed by atoms with van der Waals surface area (Å²) in [5, 5.41) is 2.80. The largest absolute Gasteiger partial charge is 0.339 e. The second kappa shape index (κ2) is 8.99. The third kappa shape index (κ3) is 5.16. The fraction of sp³-hybridized carbons (Fsp3) is 0.300. The van der Waals surface area contributed by atoms with E-state index >= 15 is 0 Å². The average Bonchev–Trinajstić information content (AvgIpc) is 2.64. The van der Waals surface area contributed by atoms with Crippen LogP contribution in [0.25, 0.3) is 0 Å². The summed E-state index contributed by atoms with van der Waals surface area (Å²) < 4.78 is 0. The van der Waals surface area contributed by atoms with Crippen molar-refractivity contribution >= 4 is 17.5 Å². The van der Waals surface area contributed by atoms with E-state index in [-0.39, 0.29) is 11.8 Å². The zero-order valence-corrected chi connectivity index (χ0v) is 14.7. The first-order valence-electron chi connectivity index (χ1n) is 8.54. The lowest BCUT2D eigenvalue weighted by Crippen LogP contribution is -2.37. The first kappa shape index (κ1) is 18.7. The van der Waals surface area contributed by atoms with Gasteiger partial charge in [0.2, 0.25) is 5.91 Å². The highest BCUT2D eigenvalue weighted by molar-refractivity contribution is 5.97. The van der Waals surface area contributed by atoms with Gasteiger partial charge in [-0.05, 0) is 50.1 Å². The van der Waals surface area contributed by atoms with Crippen LogP contribution in [0.15, 0.2) is 54.6 Å². The number of nitrogens with two attached hydrogens (primary N) is 1. The molecule has 0 aliphatic rings. The highest BCUT2D eigenvalue weighted by atomic mass is 16.2. The minimum Gasteiger partial charge on any atom is -0.339 e. The number of amides is 2. The Morgan fingerprint density at radius 2 is 1.60 bits per heavy atom. The molecule has 5 nitrogen and oxygen atoms in total. The van der Waals surface area contributed by atoms with Crippen LogP contribution in [-0.4, -0.2) is 35.8 Å². The quantitative estimate of drug-likeness (QED) is 0.814. The van der Waals surface area contributed by atoms with E-state index in [4.69, 9.17) is 5.73 Å². The van der Waals surface area contributed by atoms with Crippen molar-refractivity contribution in [3.05, 3.63) is 65.7 Å². The van der Waals surface area contributed by atoms with Crippen LogP contribution in [0.4, 0.5) is 5.69 Å². The van der Waals surface area contributed by atoms with Crippen molar-refractivity contribution in [3.8, 4) is 0 Å². The molecule has 1 atom stereocenters. The molecule has 0 radical (unpaired) electrons. The summed E-state index contributed by atoms with van der Waals surface area (Å²) >= 11 is 0. The third-order valence-electron chi connectivity index (χ3n) is 4.09. The highest BCUT2D eigenvalue weighted by Crippen LogP contribution is 2.12. The smallest absolute Gasteiger partial charge is 0.253 e. The topological polar surface area (TPSA) is 75.4 Å². The summed E-state index contributed by atoms with van der Waals surface area (Å²) in [7, 11) is 0. The number of anilines is 1. The number of nitrogens with one attached hydrogen (secondary N) is 1. The van der Waals surface area contributed by atoms with E-state index in [1.807, 2.05) is 44.2 Å². The molecule has 0 saturated carbocycles. The van der Waals surface area contributed by atoms with Crippen molar-refractivity contribution in [2.75, 3.05) is 18.4 Å². The van der Waals surface area contributed by atoms with Crippen molar-refractivity contribution in [2.45, 2.75) is 26.3 Å². The van der Waals surface area contributed by atoms with Crippen LogP contribution in [0.2, 0.25) is 0 Å². The normalized spacial score (nSPS) is 11.6. The van der Waals surface area contributed by atoms with E-state index < -0.39 is 6.04 Å². The number of nitrogens with zero attached hydrogens (tertiary/aromatic N) is 1. The number of benzene rings is 2. The minimum atomic E-state index is -0.626. The Hall–Kier alpha value is -2.66. The van der Waals surface area contributed by atoms with Crippen molar-refractivity contribution in [2.24, 2.45) is 5.73 Å². The summed E-state index contributed by atoms with van der Waals surface area (Å²) in [4.78, 5) is 26.2. The van der Waals surface area contributed by atoms with Gasteiger partial charge in [-0.2, -0.15) is 0 Å². The molecule has 0 bridgehead atoms. The van der Waals surface area contributed by atoms with Crippen LogP contribution in [0.1, 0.15) is 29.8 Å². The Bertz CT molecular complexity index is 695. The Labute approximate surface area is 148 Å². The van der Waals surface area contributed by atoms with Crippen LogP contribution in [0.3, 0.4) is 0 Å². The number of carbonyl (C=O) groups excluding carboxylic acids is 2. The van der Waals surface area contributed by atoms with Gasteiger partial charge >= 0.3 is 0 Å². The highest BCUT2D eigenvalue weighted by Gasteiger charge is 2.15. The molecule has 3 N–H and O–H groups in total. The van der Waals surface area contributed by atoms with Crippen molar-refractivity contribution in [1.29, 1.82) is 0 Å². The lowest BCUT2D eigenvalue weighted by atomic mass is 10.1. The fourth-order valence-corrected chi connectivity index (χ4v) is 2.59. The molecule has 2 rings (SSSR count). The van der Waals surface area contributed by atoms with Crippen LogP contribution in [0.5, 0.6) is 0 Å². The van der Waals surface area contributed by atoms with Gasteiger partial charge < -0.3 is 16.0 Å². The summed E-state index contributed by atoms with van der Waals surface area (Å²) in [5.41, 5.74) is 8.23. The van der Waals surface area contributed by atoms with Crippen LogP contribution < -0.4 is 11.1 Å². The number of carbonyl (C=O) groups is 2. The zero-order valence-electron chi connectivity index (χ0n) is 14.7. The van der Waals surface area contributed by atoms with Crippen molar-refractivity contribution < 1.29 is 9.59 Å². The molecular weight excluding hydrogens is 314 g/mol. The van der Waals surface area contributed by atoms with Gasteiger partial charge in [-0.15, -0.1) is 0 Å². The summed E-state index contributed by atoms with van der Waals surface area (Å²) in [6.07, 6.45) is 0.477. The molecule has 132 valence electrons. The zero-order chi connectivity index (χ0) is 18.2. The molecule has 0 aliphatic carbocycles. The predicted molar refractivity (Wildman–Crippen MR) is 100 cm³/mol. The molecular formula is C20H25N3O2. The molecule has 0 spiro atoms. The van der Waals surface area contributed by atoms with Crippen LogP contribution in [-0.2, 0) is 11.2 Å². The van der Waals surface area contributed by atoms with E-state index in [2.05, 4.69) is 5.32 Å². The maximum atomic E-state index is 12.3. The van der Waals surface area contributed by atoms with Crippen LogP contribution >= 0.6 is 0 Å². The Morgan fingerprint density at radius 1 is 1.00 bits per heavy atom. The molecule has 25 heavy (non-hydrogen) atoms. The summed E-state index contributed by atoms with van der Waals surface area (Å²) in [5.74, 6) is -0.254. The van der Waals surface area contributed by atoms with Crippen LogP contribution in [0, 0.1) is 0 Å². The first-order valence-corrected chi connectivity index (χ1v) is 8.54. The SMILES string of the molecule is CCN(CC)C(=O)c1ccc(NC(=O)[C@@H](N)Cc2ccccc2)cc1. The van der Waals surface area contributed by atoms with E-state index in [1.54, 1.807) is 29.2 Å². The van der Waals surface area contributed by atoms with Gasteiger partial charge in [0.15, 0.2) is 0 Å². The van der Waals surface area contributed by atoms with E-state index in [0.717, 1.165) is 5.56 Å². The second-order valence-electron chi connectivity index (χ2n) is 5.84. The molecule has 0 saturated heterocycles. The molecule has 5 heteroatoms.